The van der Waals surface area contributed by atoms with E-state index in [1.165, 1.54) is 0 Å². The van der Waals surface area contributed by atoms with Crippen LogP contribution in [0.5, 0.6) is 11.5 Å². The molecule has 0 aliphatic rings. The minimum atomic E-state index is 0.699. The number of hydrogen-bond donors (Lipinski definition) is 1. The van der Waals surface area contributed by atoms with Gasteiger partial charge in [-0.05, 0) is 24.6 Å². The molecule has 0 amide bonds. The molecule has 0 spiro atoms. The molecular weight excluding hydrogens is 160 g/mol. The molecule has 0 aliphatic carbocycles. The Morgan fingerprint density at radius 2 is 1.82 bits per heavy atom. The van der Waals surface area contributed by atoms with Crippen LogP contribution in [0.25, 0.3) is 0 Å². The lowest BCUT2D eigenvalue weighted by atomic mass is 10.2. The standard InChI is InChI=1S/C8H10O2S/c1-6-3-7(9-2)5-8(4-6)10-11/h3-5,11H,1-2H3. The molecule has 1 rings (SSSR count). The molecule has 11 heavy (non-hydrogen) atoms. The summed E-state index contributed by atoms with van der Waals surface area (Å²) in [5.41, 5.74) is 1.09. The fourth-order valence-corrected chi connectivity index (χ4v) is 0.990. The molecule has 0 aromatic heterocycles. The van der Waals surface area contributed by atoms with E-state index in [0.717, 1.165) is 11.3 Å². The molecule has 1 aromatic carbocycles. The van der Waals surface area contributed by atoms with Crippen molar-refractivity contribution < 1.29 is 8.92 Å². The fourth-order valence-electron chi connectivity index (χ4n) is 0.885. The van der Waals surface area contributed by atoms with Gasteiger partial charge in [0.25, 0.3) is 0 Å². The Morgan fingerprint density at radius 3 is 2.36 bits per heavy atom. The smallest absolute Gasteiger partial charge is 0.140 e. The van der Waals surface area contributed by atoms with Crippen molar-refractivity contribution in [1.82, 2.24) is 0 Å². The second-order valence-electron chi connectivity index (χ2n) is 2.28. The number of rotatable bonds is 2. The van der Waals surface area contributed by atoms with Crippen molar-refractivity contribution in [1.29, 1.82) is 0 Å². The summed E-state index contributed by atoms with van der Waals surface area (Å²) in [5.74, 6) is 1.49. The maximum absolute atomic E-state index is 5.02. The van der Waals surface area contributed by atoms with Crippen molar-refractivity contribution in [2.24, 2.45) is 0 Å². The van der Waals surface area contributed by atoms with Gasteiger partial charge in [-0.15, -0.1) is 0 Å². The molecule has 0 saturated heterocycles. The maximum atomic E-state index is 5.02. The summed E-state index contributed by atoms with van der Waals surface area (Å²) in [7, 11) is 1.62. The van der Waals surface area contributed by atoms with E-state index in [2.05, 4.69) is 12.9 Å². The average molecular weight is 170 g/mol. The van der Waals surface area contributed by atoms with E-state index in [4.69, 9.17) is 8.92 Å². The van der Waals surface area contributed by atoms with Gasteiger partial charge in [0.05, 0.1) is 7.11 Å². The molecule has 60 valence electrons. The first-order valence-electron chi connectivity index (χ1n) is 3.23. The molecule has 0 bridgehead atoms. The normalized spacial score (nSPS) is 9.36. The second kappa shape index (κ2) is 3.53. The first-order valence-corrected chi connectivity index (χ1v) is 3.60. The highest BCUT2D eigenvalue weighted by Gasteiger charge is 1.97. The van der Waals surface area contributed by atoms with Crippen molar-refractivity contribution in [3.8, 4) is 11.5 Å². The van der Waals surface area contributed by atoms with Crippen LogP contribution >= 0.6 is 12.9 Å². The highest BCUT2D eigenvalue weighted by molar-refractivity contribution is 7.75. The van der Waals surface area contributed by atoms with E-state index in [1.807, 2.05) is 19.1 Å². The van der Waals surface area contributed by atoms with Crippen molar-refractivity contribution in [3.05, 3.63) is 23.8 Å². The van der Waals surface area contributed by atoms with E-state index in [1.54, 1.807) is 13.2 Å². The van der Waals surface area contributed by atoms with Crippen LogP contribution in [0, 0.1) is 6.92 Å². The monoisotopic (exact) mass is 170 g/mol. The van der Waals surface area contributed by atoms with Gasteiger partial charge in [0.15, 0.2) is 0 Å². The highest BCUT2D eigenvalue weighted by atomic mass is 32.1. The number of methoxy groups -OCH3 is 1. The zero-order valence-electron chi connectivity index (χ0n) is 6.50. The van der Waals surface area contributed by atoms with Crippen LogP contribution in [0.15, 0.2) is 18.2 Å². The van der Waals surface area contributed by atoms with Crippen LogP contribution in [0.4, 0.5) is 0 Å². The summed E-state index contributed by atoms with van der Waals surface area (Å²) in [4.78, 5) is 0. The van der Waals surface area contributed by atoms with Gasteiger partial charge in [-0.1, -0.05) is 0 Å². The zero-order chi connectivity index (χ0) is 8.27. The number of benzene rings is 1. The van der Waals surface area contributed by atoms with E-state index in [0.29, 0.717) is 5.75 Å². The molecule has 0 radical (unpaired) electrons. The van der Waals surface area contributed by atoms with Crippen molar-refractivity contribution in [3.63, 3.8) is 0 Å². The van der Waals surface area contributed by atoms with Crippen LogP contribution in [-0.4, -0.2) is 7.11 Å². The fraction of sp³-hybridized carbons (Fsp3) is 0.250. The van der Waals surface area contributed by atoms with E-state index in [-0.39, 0.29) is 0 Å². The maximum Gasteiger partial charge on any atom is 0.140 e. The minimum absolute atomic E-state index is 0.699. The Bertz CT molecular complexity index is 226. The molecule has 0 N–H and O–H groups in total. The third-order valence-electron chi connectivity index (χ3n) is 1.37. The van der Waals surface area contributed by atoms with Crippen molar-refractivity contribution >= 4 is 12.9 Å². The predicted molar refractivity (Wildman–Crippen MR) is 47.3 cm³/mol. The Hall–Kier alpha value is -0.830. The molecule has 0 saturated carbocycles. The summed E-state index contributed by atoms with van der Waals surface area (Å²) < 4.78 is 9.78. The van der Waals surface area contributed by atoms with Crippen molar-refractivity contribution in [2.45, 2.75) is 6.92 Å². The molecular formula is C8H10O2S. The molecule has 0 aliphatic heterocycles. The van der Waals surface area contributed by atoms with Crippen LogP contribution in [-0.2, 0) is 0 Å². The zero-order valence-corrected chi connectivity index (χ0v) is 7.39. The highest BCUT2D eigenvalue weighted by Crippen LogP contribution is 2.22. The summed E-state index contributed by atoms with van der Waals surface area (Å²) in [6, 6.07) is 5.59. The van der Waals surface area contributed by atoms with E-state index < -0.39 is 0 Å². The quantitative estimate of drug-likeness (QED) is 0.542. The Labute approximate surface area is 71.8 Å². The first kappa shape index (κ1) is 8.27. The van der Waals surface area contributed by atoms with Crippen LogP contribution in [0.3, 0.4) is 0 Å². The molecule has 2 nitrogen and oxygen atoms in total. The first-order chi connectivity index (χ1) is 5.26. The molecule has 0 unspecified atom stereocenters. The summed E-state index contributed by atoms with van der Waals surface area (Å²) in [6.45, 7) is 1.97. The molecule has 1 aromatic rings. The van der Waals surface area contributed by atoms with Crippen molar-refractivity contribution in [2.75, 3.05) is 7.11 Å². The van der Waals surface area contributed by atoms with E-state index in [9.17, 15) is 0 Å². The van der Waals surface area contributed by atoms with Gasteiger partial charge in [0, 0.05) is 19.0 Å². The topological polar surface area (TPSA) is 18.5 Å². The van der Waals surface area contributed by atoms with Gasteiger partial charge in [-0.25, -0.2) is 0 Å². The Balaban J connectivity index is 3.02. The van der Waals surface area contributed by atoms with Crippen LogP contribution in [0.2, 0.25) is 0 Å². The van der Waals surface area contributed by atoms with Gasteiger partial charge in [0.1, 0.15) is 11.5 Å². The molecule has 0 atom stereocenters. The lowest BCUT2D eigenvalue weighted by molar-refractivity contribution is 0.413. The predicted octanol–water partition coefficient (Wildman–Crippen LogP) is 2.23. The average Bonchev–Trinajstić information content (AvgIpc) is 2.03. The number of aryl methyl sites for hydroxylation is 1. The largest absolute Gasteiger partial charge is 0.497 e. The van der Waals surface area contributed by atoms with Gasteiger partial charge in [-0.2, -0.15) is 0 Å². The molecule has 0 heterocycles. The number of ether oxygens (including phenoxy) is 1. The third-order valence-corrected chi connectivity index (χ3v) is 1.58. The summed E-state index contributed by atoms with van der Waals surface area (Å²) >= 11 is 3.69. The molecule has 0 fully saturated rings. The van der Waals surface area contributed by atoms with Gasteiger partial charge in [-0.3, -0.25) is 0 Å². The number of hydrogen-bond acceptors (Lipinski definition) is 3. The third kappa shape index (κ3) is 2.05. The van der Waals surface area contributed by atoms with E-state index >= 15 is 0 Å². The van der Waals surface area contributed by atoms with Gasteiger partial charge in [0.2, 0.25) is 0 Å². The lowest BCUT2D eigenvalue weighted by Crippen LogP contribution is -1.84. The van der Waals surface area contributed by atoms with Gasteiger partial charge < -0.3 is 8.92 Å². The van der Waals surface area contributed by atoms with Crippen LogP contribution < -0.4 is 8.92 Å². The second-order valence-corrected chi connectivity index (χ2v) is 2.46. The van der Waals surface area contributed by atoms with Crippen LogP contribution in [0.1, 0.15) is 5.56 Å². The number of thiol groups is 1. The minimum Gasteiger partial charge on any atom is -0.497 e. The molecule has 3 heteroatoms. The Morgan fingerprint density at radius 1 is 1.18 bits per heavy atom. The SMILES string of the molecule is COc1cc(C)cc(OS)c1. The summed E-state index contributed by atoms with van der Waals surface area (Å²) in [6.07, 6.45) is 0. The summed E-state index contributed by atoms with van der Waals surface area (Å²) in [5, 5.41) is 0. The Kier molecular flexibility index (Phi) is 2.65. The van der Waals surface area contributed by atoms with Gasteiger partial charge >= 0.3 is 0 Å². The lowest BCUT2D eigenvalue weighted by Gasteiger charge is -2.03.